The molecule has 1 rings (SSSR count). The van der Waals surface area contributed by atoms with Crippen molar-refractivity contribution in [3.63, 3.8) is 0 Å². The van der Waals surface area contributed by atoms with E-state index in [0.717, 1.165) is 18.4 Å². The molecule has 0 atom stereocenters. The number of aryl methyl sites for hydroxylation is 1. The van der Waals surface area contributed by atoms with Gasteiger partial charge in [0.25, 0.3) is 0 Å². The fraction of sp³-hybridized carbons (Fsp3) is 0.625. The van der Waals surface area contributed by atoms with Crippen LogP contribution in [0.4, 0.5) is 0 Å². The number of rotatable bonds is 3. The van der Waals surface area contributed by atoms with Crippen molar-refractivity contribution in [3.05, 3.63) is 29.3 Å². The van der Waals surface area contributed by atoms with Crippen LogP contribution in [0, 0.1) is 5.41 Å². The summed E-state index contributed by atoms with van der Waals surface area (Å²) < 4.78 is 0. The minimum atomic E-state index is 0.00854. The van der Waals surface area contributed by atoms with Gasteiger partial charge in [0.2, 0.25) is 0 Å². The van der Waals surface area contributed by atoms with Crippen molar-refractivity contribution in [1.29, 1.82) is 0 Å². The molecule has 0 aromatic heterocycles. The maximum absolute atomic E-state index is 10.2. The predicted octanol–water partition coefficient (Wildman–Crippen LogP) is 4.67. The Hall–Kier alpha value is -0.980. The van der Waals surface area contributed by atoms with Crippen molar-refractivity contribution in [2.24, 2.45) is 5.41 Å². The number of phenols is 1. The summed E-state index contributed by atoms with van der Waals surface area (Å²) in [5, 5.41) is 10.2. The van der Waals surface area contributed by atoms with Gasteiger partial charge in [0.15, 0.2) is 0 Å². The Labute approximate surface area is 106 Å². The number of aromatic hydroxyl groups is 1. The summed E-state index contributed by atoms with van der Waals surface area (Å²) in [5.74, 6) is 0.443. The molecule has 1 heteroatoms. The highest BCUT2D eigenvalue weighted by Gasteiger charge is 2.29. The van der Waals surface area contributed by atoms with E-state index in [2.05, 4.69) is 53.7 Å². The topological polar surface area (TPSA) is 20.2 Å². The van der Waals surface area contributed by atoms with E-state index < -0.39 is 0 Å². The van der Waals surface area contributed by atoms with Crippen LogP contribution in [-0.2, 0) is 11.8 Å². The maximum Gasteiger partial charge on any atom is 0.119 e. The number of hydrogen-bond acceptors (Lipinski definition) is 1. The molecule has 0 aliphatic rings. The first-order valence-corrected chi connectivity index (χ1v) is 6.48. The van der Waals surface area contributed by atoms with Crippen LogP contribution in [0.1, 0.15) is 59.1 Å². The van der Waals surface area contributed by atoms with Gasteiger partial charge in [-0.15, -0.1) is 0 Å². The third kappa shape index (κ3) is 3.76. The molecule has 0 radical (unpaired) electrons. The van der Waals surface area contributed by atoms with Gasteiger partial charge in [-0.3, -0.25) is 0 Å². The normalized spacial score (nSPS) is 12.8. The van der Waals surface area contributed by atoms with Crippen LogP contribution in [0.5, 0.6) is 5.75 Å². The first-order chi connectivity index (χ1) is 7.65. The molecule has 17 heavy (non-hydrogen) atoms. The minimum Gasteiger partial charge on any atom is -0.508 e. The molecule has 1 aromatic rings. The van der Waals surface area contributed by atoms with Gasteiger partial charge in [-0.25, -0.2) is 0 Å². The molecule has 1 aromatic carbocycles. The van der Waals surface area contributed by atoms with E-state index in [-0.39, 0.29) is 10.8 Å². The second kappa shape index (κ2) is 4.72. The second-order valence-electron chi connectivity index (χ2n) is 6.83. The lowest BCUT2D eigenvalue weighted by Gasteiger charge is -2.33. The monoisotopic (exact) mass is 234 g/mol. The van der Waals surface area contributed by atoms with Gasteiger partial charge < -0.3 is 5.11 Å². The van der Waals surface area contributed by atoms with Gasteiger partial charge in [-0.2, -0.15) is 0 Å². The third-order valence-corrected chi connectivity index (χ3v) is 3.17. The number of benzene rings is 1. The molecular weight excluding hydrogens is 208 g/mol. The van der Waals surface area contributed by atoms with Gasteiger partial charge in [0.05, 0.1) is 0 Å². The molecule has 1 N–H and O–H groups in total. The summed E-state index contributed by atoms with van der Waals surface area (Å²) in [5.41, 5.74) is 2.52. The zero-order valence-corrected chi connectivity index (χ0v) is 12.1. The summed E-state index contributed by atoms with van der Waals surface area (Å²) in [4.78, 5) is 0. The molecule has 0 saturated heterocycles. The molecule has 0 amide bonds. The summed E-state index contributed by atoms with van der Waals surface area (Å²) in [6.07, 6.45) is 2.02. The Morgan fingerprint density at radius 2 is 1.65 bits per heavy atom. The minimum absolute atomic E-state index is 0.00854. The fourth-order valence-corrected chi connectivity index (χ4v) is 2.79. The van der Waals surface area contributed by atoms with Gasteiger partial charge >= 0.3 is 0 Å². The Morgan fingerprint density at radius 3 is 2.06 bits per heavy atom. The Kier molecular flexibility index (Phi) is 3.91. The molecule has 0 aliphatic carbocycles. The predicted molar refractivity (Wildman–Crippen MR) is 74.6 cm³/mol. The molecular formula is C16H26O. The molecule has 0 fully saturated rings. The highest BCUT2D eigenvalue weighted by atomic mass is 16.3. The molecule has 0 heterocycles. The van der Waals surface area contributed by atoms with Crippen molar-refractivity contribution in [2.75, 3.05) is 0 Å². The maximum atomic E-state index is 10.2. The van der Waals surface area contributed by atoms with E-state index in [1.54, 1.807) is 0 Å². The standard InChI is InChI=1S/C16H26O/c1-7-12-8-9-13(14(17)10-12)16(5,6)11-15(2,3)4/h8-10,17H,7,11H2,1-6H3. The van der Waals surface area contributed by atoms with Gasteiger partial charge in [-0.1, -0.05) is 53.7 Å². The average Bonchev–Trinajstić information content (AvgIpc) is 2.13. The molecule has 0 bridgehead atoms. The van der Waals surface area contributed by atoms with Gasteiger partial charge in [-0.05, 0) is 40.9 Å². The number of hydrogen-bond donors (Lipinski definition) is 1. The zero-order valence-electron chi connectivity index (χ0n) is 12.1. The van der Waals surface area contributed by atoms with Crippen LogP contribution in [-0.4, -0.2) is 5.11 Å². The summed E-state index contributed by atoms with van der Waals surface area (Å²) in [7, 11) is 0. The summed E-state index contributed by atoms with van der Waals surface area (Å²) in [6, 6.07) is 6.11. The van der Waals surface area contributed by atoms with E-state index in [1.807, 2.05) is 6.07 Å². The second-order valence-corrected chi connectivity index (χ2v) is 6.83. The molecule has 1 nitrogen and oxygen atoms in total. The Balaban J connectivity index is 3.06. The van der Waals surface area contributed by atoms with Crippen molar-refractivity contribution >= 4 is 0 Å². The van der Waals surface area contributed by atoms with Crippen LogP contribution in [0.2, 0.25) is 0 Å². The van der Waals surface area contributed by atoms with Crippen LogP contribution < -0.4 is 0 Å². The van der Waals surface area contributed by atoms with E-state index in [4.69, 9.17) is 0 Å². The van der Waals surface area contributed by atoms with E-state index in [1.165, 1.54) is 5.56 Å². The number of phenolic OH excluding ortho intramolecular Hbond substituents is 1. The summed E-state index contributed by atoms with van der Waals surface area (Å²) in [6.45, 7) is 13.2. The highest BCUT2D eigenvalue weighted by molar-refractivity contribution is 5.41. The highest BCUT2D eigenvalue weighted by Crippen LogP contribution is 2.40. The molecule has 0 spiro atoms. The van der Waals surface area contributed by atoms with Crippen LogP contribution in [0.3, 0.4) is 0 Å². The van der Waals surface area contributed by atoms with E-state index in [9.17, 15) is 5.11 Å². The Morgan fingerprint density at radius 1 is 1.06 bits per heavy atom. The lowest BCUT2D eigenvalue weighted by molar-refractivity contribution is 0.278. The van der Waals surface area contributed by atoms with Crippen molar-refractivity contribution < 1.29 is 5.11 Å². The van der Waals surface area contributed by atoms with E-state index in [0.29, 0.717) is 5.75 Å². The molecule has 96 valence electrons. The van der Waals surface area contributed by atoms with Crippen molar-refractivity contribution in [2.45, 2.75) is 59.8 Å². The summed E-state index contributed by atoms with van der Waals surface area (Å²) >= 11 is 0. The quantitative estimate of drug-likeness (QED) is 0.806. The third-order valence-electron chi connectivity index (χ3n) is 3.17. The van der Waals surface area contributed by atoms with Crippen molar-refractivity contribution in [1.82, 2.24) is 0 Å². The van der Waals surface area contributed by atoms with Crippen LogP contribution >= 0.6 is 0 Å². The lowest BCUT2D eigenvalue weighted by Crippen LogP contribution is -2.24. The van der Waals surface area contributed by atoms with Gasteiger partial charge in [0, 0.05) is 0 Å². The first-order valence-electron chi connectivity index (χ1n) is 6.48. The smallest absolute Gasteiger partial charge is 0.119 e. The molecule has 0 aliphatic heterocycles. The molecule has 0 saturated carbocycles. The largest absolute Gasteiger partial charge is 0.508 e. The van der Waals surface area contributed by atoms with E-state index >= 15 is 0 Å². The van der Waals surface area contributed by atoms with Gasteiger partial charge in [0.1, 0.15) is 5.75 Å². The average molecular weight is 234 g/mol. The Bertz CT molecular complexity index is 383. The lowest BCUT2D eigenvalue weighted by atomic mass is 9.72. The SMILES string of the molecule is CCc1ccc(C(C)(C)CC(C)(C)C)c(O)c1. The van der Waals surface area contributed by atoms with Crippen LogP contribution in [0.25, 0.3) is 0 Å². The zero-order chi connectivity index (χ0) is 13.3. The van der Waals surface area contributed by atoms with Crippen LogP contribution in [0.15, 0.2) is 18.2 Å². The molecule has 0 unspecified atom stereocenters. The first kappa shape index (κ1) is 14.1. The van der Waals surface area contributed by atoms with Crippen molar-refractivity contribution in [3.8, 4) is 5.75 Å². The fourth-order valence-electron chi connectivity index (χ4n) is 2.79.